The summed E-state index contributed by atoms with van der Waals surface area (Å²) in [6.45, 7) is 19.4. The first-order valence-electron chi connectivity index (χ1n) is 28.0. The average molecular weight is 1080 g/mol. The van der Waals surface area contributed by atoms with Crippen molar-refractivity contribution in [2.45, 2.75) is 238 Å². The Morgan fingerprint density at radius 1 is 0.882 bits per heavy atom. The van der Waals surface area contributed by atoms with Crippen LogP contribution in [0.25, 0.3) is 0 Å². The van der Waals surface area contributed by atoms with Crippen LogP contribution in [0.1, 0.15) is 152 Å². The second-order valence-electron chi connectivity index (χ2n) is 23.5. The Balaban J connectivity index is 1.60. The molecule has 3 aliphatic heterocycles. The Hall–Kier alpha value is -3.50. The minimum Gasteiger partial charge on any atom is -0.459 e. The number of likely N-dealkylation sites (N-methyl/N-ethyl adjacent to an activating group) is 1. The lowest BCUT2D eigenvalue weighted by Crippen LogP contribution is -2.62. The molecule has 76 heavy (non-hydrogen) atoms. The Morgan fingerprint density at radius 2 is 1.55 bits per heavy atom. The van der Waals surface area contributed by atoms with Crippen molar-refractivity contribution in [3.8, 4) is 0 Å². The summed E-state index contributed by atoms with van der Waals surface area (Å²) in [6.07, 6.45) is -2.60. The number of benzene rings is 1. The molecule has 0 aromatic heterocycles. The van der Waals surface area contributed by atoms with E-state index in [1.807, 2.05) is 63.2 Å². The second-order valence-corrected chi connectivity index (χ2v) is 23.5. The van der Waals surface area contributed by atoms with Gasteiger partial charge in [-0.3, -0.25) is 15.0 Å². The number of amides is 1. The van der Waals surface area contributed by atoms with Crippen LogP contribution in [-0.4, -0.2) is 168 Å². The molecule has 4 fully saturated rings. The summed E-state index contributed by atoms with van der Waals surface area (Å²) in [4.78, 5) is 49.1. The van der Waals surface area contributed by atoms with Crippen LogP contribution < -0.4 is 5.43 Å². The summed E-state index contributed by atoms with van der Waals surface area (Å²) in [6, 6.07) is 9.26. The van der Waals surface area contributed by atoms with Crippen molar-refractivity contribution in [1.29, 1.82) is 0 Å². The van der Waals surface area contributed by atoms with E-state index in [9.17, 15) is 29.7 Å². The van der Waals surface area contributed by atoms with E-state index in [2.05, 4.69) is 5.43 Å². The number of nitrogens with one attached hydrogen (secondary N) is 1. The summed E-state index contributed by atoms with van der Waals surface area (Å²) in [5, 5.41) is 44.2. The van der Waals surface area contributed by atoms with Gasteiger partial charge < -0.3 is 63.0 Å². The van der Waals surface area contributed by atoms with E-state index in [1.54, 1.807) is 60.5 Å². The molecule has 0 bridgehead atoms. The number of nitrogens with zero attached hydrogens (tertiary/aromatic N) is 3. The minimum absolute atomic E-state index is 0.0350. The molecular formula is C57H96N4O15. The molecule has 18 atom stereocenters. The highest BCUT2D eigenvalue weighted by atomic mass is 16.7. The van der Waals surface area contributed by atoms with Crippen molar-refractivity contribution in [3.05, 3.63) is 35.9 Å². The summed E-state index contributed by atoms with van der Waals surface area (Å²) in [5.41, 5.74) is -0.730. The van der Waals surface area contributed by atoms with Gasteiger partial charge >= 0.3 is 18.0 Å². The second kappa shape index (κ2) is 28.1. The maximum atomic E-state index is 14.8. The molecule has 4 N–H and O–H groups in total. The summed E-state index contributed by atoms with van der Waals surface area (Å²) in [7, 11) is 7.01. The lowest BCUT2D eigenvalue weighted by atomic mass is 9.73. The molecule has 4 aliphatic rings. The highest BCUT2D eigenvalue weighted by Crippen LogP contribution is 2.42. The molecule has 0 spiro atoms. The molecule has 1 unspecified atom stereocenters. The molecule has 19 nitrogen and oxygen atoms in total. The fourth-order valence-electron chi connectivity index (χ4n) is 12.3. The van der Waals surface area contributed by atoms with E-state index in [4.69, 9.17) is 47.9 Å². The van der Waals surface area contributed by atoms with Gasteiger partial charge in [0.15, 0.2) is 24.8 Å². The highest BCUT2D eigenvalue weighted by Gasteiger charge is 2.55. The van der Waals surface area contributed by atoms with Gasteiger partial charge in [0, 0.05) is 51.8 Å². The summed E-state index contributed by atoms with van der Waals surface area (Å²) < 4.78 is 51.5. The lowest BCUT2D eigenvalue weighted by molar-refractivity contribution is -0.318. The van der Waals surface area contributed by atoms with Gasteiger partial charge in [-0.1, -0.05) is 95.3 Å². The summed E-state index contributed by atoms with van der Waals surface area (Å²) in [5.74, 6) is -4.14. The third-order valence-corrected chi connectivity index (χ3v) is 16.6. The maximum Gasteiger partial charge on any atom is 0.422 e. The third-order valence-electron chi connectivity index (χ3n) is 16.6. The predicted molar refractivity (Wildman–Crippen MR) is 285 cm³/mol. The van der Waals surface area contributed by atoms with Crippen molar-refractivity contribution in [3.63, 3.8) is 0 Å². The predicted octanol–water partition coefficient (Wildman–Crippen LogP) is 7.30. The smallest absolute Gasteiger partial charge is 0.422 e. The van der Waals surface area contributed by atoms with Gasteiger partial charge in [-0.25, -0.2) is 9.80 Å². The highest BCUT2D eigenvalue weighted by molar-refractivity contribution is 5.88. The van der Waals surface area contributed by atoms with Crippen LogP contribution in [0.4, 0.5) is 4.79 Å². The van der Waals surface area contributed by atoms with Gasteiger partial charge in [0.25, 0.3) is 0 Å². The Labute approximate surface area is 453 Å². The van der Waals surface area contributed by atoms with Crippen LogP contribution >= 0.6 is 0 Å². The number of hydrazine groups is 1. The van der Waals surface area contributed by atoms with Gasteiger partial charge in [0.1, 0.15) is 23.9 Å². The SMILES string of the molecule is CC[C@@H]1OC(=O)[C@H](C)[C@@H](O[C@H]2C[C@@](C)(OC)[C@@H](OC(C)=O)[C@H](C)O2)[C@H](C)[C@@H](O[C@@H]2O[C@H](C)C[C@H](N(C)C)[C@H]2OC(=O)NN(C)Cc2ccccc2)C(C)(O)C[C@@H](C)/C(=N\OCCCC2CCCCC2)[C@@H](C)[C@@H](O)[C@]1(C)O. The number of carbonyl (C=O) groups excluding carboxylic acids is 3. The van der Waals surface area contributed by atoms with E-state index in [-0.39, 0.29) is 19.3 Å². The van der Waals surface area contributed by atoms with Crippen molar-refractivity contribution in [2.24, 2.45) is 34.7 Å². The molecule has 5 rings (SSSR count). The number of rotatable bonds is 17. The largest absolute Gasteiger partial charge is 0.459 e. The number of ether oxygens (including phenoxy) is 8. The number of hydrogen-bond acceptors (Lipinski definition) is 18. The molecule has 0 radical (unpaired) electrons. The zero-order valence-electron chi connectivity index (χ0n) is 48.4. The van der Waals surface area contributed by atoms with Gasteiger partial charge in [-0.05, 0) is 99.2 Å². The summed E-state index contributed by atoms with van der Waals surface area (Å²) >= 11 is 0. The van der Waals surface area contributed by atoms with E-state index < -0.39 is 126 Å². The Kier molecular flexibility index (Phi) is 23.4. The maximum absolute atomic E-state index is 14.8. The van der Waals surface area contributed by atoms with Crippen LogP contribution in [0.15, 0.2) is 35.5 Å². The van der Waals surface area contributed by atoms with E-state index in [0.717, 1.165) is 18.4 Å². The molecule has 1 aromatic rings. The van der Waals surface area contributed by atoms with Crippen LogP contribution in [0, 0.1) is 29.6 Å². The molecule has 1 amide bonds. The number of carbonyl (C=O) groups is 3. The van der Waals surface area contributed by atoms with Gasteiger partial charge in [-0.2, -0.15) is 0 Å². The van der Waals surface area contributed by atoms with Crippen molar-refractivity contribution in [1.82, 2.24) is 15.3 Å². The number of esters is 2. The number of aliphatic hydroxyl groups excluding tert-OH is 1. The zero-order valence-corrected chi connectivity index (χ0v) is 48.4. The number of hydrogen-bond donors (Lipinski definition) is 4. The topological polar surface area (TPSA) is 226 Å². The molecule has 19 heteroatoms. The number of cyclic esters (lactones) is 1. The normalized spacial score (nSPS) is 39.0. The quantitative estimate of drug-likeness (QED) is 0.0520. The van der Waals surface area contributed by atoms with Crippen LogP contribution in [0.2, 0.25) is 0 Å². The van der Waals surface area contributed by atoms with Crippen LogP contribution in [0.3, 0.4) is 0 Å². The zero-order chi connectivity index (χ0) is 56.3. The molecule has 3 heterocycles. The number of aliphatic hydroxyl groups is 3. The van der Waals surface area contributed by atoms with Crippen LogP contribution in [-0.2, 0) is 58.9 Å². The average Bonchev–Trinajstić information content (AvgIpc) is 3.36. The monoisotopic (exact) mass is 1080 g/mol. The fraction of sp³-hybridized carbons (Fsp3) is 0.825. The van der Waals surface area contributed by atoms with Crippen molar-refractivity contribution in [2.75, 3.05) is 34.9 Å². The first-order chi connectivity index (χ1) is 35.7. The fourth-order valence-corrected chi connectivity index (χ4v) is 12.3. The standard InChI is InChI=1S/C57H96N4O15/c1-16-44-57(11,67)49(63)36(4)46(59-69-29-23-28-41-24-19-17-20-25-41)34(2)31-55(9,66)50(37(5)47(38(6)52(64)73-44)74-45-32-56(10,68-15)51(39(7)71-45)72-40(8)62)76-53-48(43(60(12)13)30-35(3)70-53)75-54(65)58-61(14)33-42-26-21-18-22-27-42/h18,21-22,26-27,34-39,41,43-45,47-51,53,63,66-67H,16-17,19-20,23-25,28-33H2,1-15H3,(H,58,65)/b59-46+/t34-,35-,36-,37+,38-,39+,43+,44+,45+,47+,48-,49-,50-,51+,53+,55?,56-,57-/m1/s1. The first-order valence-corrected chi connectivity index (χ1v) is 28.0. The lowest BCUT2D eigenvalue weighted by Gasteiger charge is -2.49. The molecule has 1 saturated carbocycles. The minimum atomic E-state index is -1.98. The van der Waals surface area contributed by atoms with Crippen LogP contribution in [0.5, 0.6) is 0 Å². The third kappa shape index (κ3) is 16.5. The number of oxime groups is 1. The number of methoxy groups -OCH3 is 1. The van der Waals surface area contributed by atoms with Gasteiger partial charge in [0.2, 0.25) is 0 Å². The van der Waals surface area contributed by atoms with E-state index in [0.29, 0.717) is 31.2 Å². The van der Waals surface area contributed by atoms with Gasteiger partial charge in [0.05, 0.1) is 53.8 Å². The van der Waals surface area contributed by atoms with Gasteiger partial charge in [-0.15, -0.1) is 0 Å². The molecule has 434 valence electrons. The molecule has 1 aliphatic carbocycles. The Bertz CT molecular complexity index is 2010. The molecular weight excluding hydrogens is 981 g/mol. The molecule has 3 saturated heterocycles. The Morgan fingerprint density at radius 3 is 2.17 bits per heavy atom. The van der Waals surface area contributed by atoms with E-state index in [1.165, 1.54) is 53.1 Å². The van der Waals surface area contributed by atoms with Crippen molar-refractivity contribution < 1.29 is 72.4 Å². The van der Waals surface area contributed by atoms with E-state index >= 15 is 0 Å². The molecule has 1 aromatic carbocycles. The van der Waals surface area contributed by atoms with Crippen molar-refractivity contribution >= 4 is 23.7 Å². The first kappa shape index (κ1) is 63.3.